The molecular formula is C12H13BrO2. The van der Waals surface area contributed by atoms with Crippen LogP contribution in [0.15, 0.2) is 22.7 Å². The predicted molar refractivity (Wildman–Crippen MR) is 60.7 cm³/mol. The van der Waals surface area contributed by atoms with Gasteiger partial charge < -0.3 is 9.47 Å². The Hall–Kier alpha value is -0.380. The van der Waals surface area contributed by atoms with Crippen molar-refractivity contribution in [1.82, 2.24) is 0 Å². The van der Waals surface area contributed by atoms with Gasteiger partial charge in [-0.05, 0) is 30.5 Å². The Bertz CT molecular complexity index is 378. The van der Waals surface area contributed by atoms with Gasteiger partial charge >= 0.3 is 0 Å². The van der Waals surface area contributed by atoms with Crippen LogP contribution in [0.2, 0.25) is 0 Å². The van der Waals surface area contributed by atoms with Gasteiger partial charge in [0.1, 0.15) is 0 Å². The Morgan fingerprint density at radius 1 is 1.20 bits per heavy atom. The van der Waals surface area contributed by atoms with Crippen molar-refractivity contribution in [2.24, 2.45) is 0 Å². The number of hydrogen-bond acceptors (Lipinski definition) is 2. The van der Waals surface area contributed by atoms with E-state index in [9.17, 15) is 0 Å². The maximum Gasteiger partial charge on any atom is 0.195 e. The van der Waals surface area contributed by atoms with Gasteiger partial charge in [-0.2, -0.15) is 0 Å². The Labute approximate surface area is 97.7 Å². The number of benzene rings is 1. The molecule has 0 aromatic heterocycles. The van der Waals surface area contributed by atoms with Crippen LogP contribution >= 0.6 is 15.9 Å². The molecule has 0 radical (unpaired) electrons. The van der Waals surface area contributed by atoms with Gasteiger partial charge in [-0.25, -0.2) is 0 Å². The van der Waals surface area contributed by atoms with Crippen LogP contribution in [0.25, 0.3) is 0 Å². The molecule has 0 atom stereocenters. The van der Waals surface area contributed by atoms with Crippen LogP contribution < -0.4 is 0 Å². The lowest BCUT2D eigenvalue weighted by Crippen LogP contribution is -2.35. The number of aryl methyl sites for hydroxylation is 1. The van der Waals surface area contributed by atoms with Crippen molar-refractivity contribution in [2.75, 3.05) is 13.2 Å². The first-order valence-corrected chi connectivity index (χ1v) is 6.16. The summed E-state index contributed by atoms with van der Waals surface area (Å²) in [6.45, 7) is 1.62. The van der Waals surface area contributed by atoms with Crippen molar-refractivity contribution in [2.45, 2.75) is 25.0 Å². The molecule has 0 amide bonds. The molecule has 0 bridgehead atoms. The molecule has 3 heteroatoms. The minimum Gasteiger partial charge on any atom is -0.346 e. The normalized spacial score (nSPS) is 23.0. The third-order valence-corrected chi connectivity index (χ3v) is 3.66. The highest BCUT2D eigenvalue weighted by atomic mass is 79.9. The second-order valence-corrected chi connectivity index (χ2v) is 5.02. The van der Waals surface area contributed by atoms with Gasteiger partial charge in [-0.15, -0.1) is 0 Å². The lowest BCUT2D eigenvalue weighted by atomic mass is 10.1. The summed E-state index contributed by atoms with van der Waals surface area (Å²) in [5, 5.41) is 0. The number of halogens is 1. The number of ether oxygens (including phenoxy) is 2. The molecule has 3 rings (SSSR count). The monoisotopic (exact) mass is 268 g/mol. The van der Waals surface area contributed by atoms with E-state index in [0.29, 0.717) is 0 Å². The topological polar surface area (TPSA) is 18.5 Å². The summed E-state index contributed by atoms with van der Waals surface area (Å²) in [4.78, 5) is 0. The molecular weight excluding hydrogens is 256 g/mol. The first kappa shape index (κ1) is 9.82. The van der Waals surface area contributed by atoms with Crippen LogP contribution in [0, 0.1) is 0 Å². The first-order chi connectivity index (χ1) is 7.30. The lowest BCUT2D eigenvalue weighted by molar-refractivity contribution is -0.274. The summed E-state index contributed by atoms with van der Waals surface area (Å²) >= 11 is 3.50. The summed E-state index contributed by atoms with van der Waals surface area (Å²) in [6, 6.07) is 6.38. The fourth-order valence-corrected chi connectivity index (χ4v) is 2.79. The molecule has 2 nitrogen and oxygen atoms in total. The predicted octanol–water partition coefficient (Wildman–Crippen LogP) is 2.99. The molecule has 2 aliphatic rings. The van der Waals surface area contributed by atoms with Gasteiger partial charge in [0.05, 0.1) is 13.2 Å². The average Bonchev–Trinajstić information content (AvgIpc) is 2.59. The largest absolute Gasteiger partial charge is 0.346 e. The minimum atomic E-state index is -0.433. The Morgan fingerprint density at radius 2 is 2.00 bits per heavy atom. The van der Waals surface area contributed by atoms with E-state index in [1.807, 2.05) is 0 Å². The van der Waals surface area contributed by atoms with E-state index in [0.717, 1.165) is 36.9 Å². The lowest BCUT2D eigenvalue weighted by Gasteiger charge is -2.34. The SMILES string of the molecule is Brc1ccc2c(c1)C1(CC2)OCCCO1. The summed E-state index contributed by atoms with van der Waals surface area (Å²) in [5.74, 6) is -0.433. The number of fused-ring (bicyclic) bond motifs is 2. The van der Waals surface area contributed by atoms with E-state index >= 15 is 0 Å². The molecule has 1 fully saturated rings. The van der Waals surface area contributed by atoms with Crippen molar-refractivity contribution >= 4 is 15.9 Å². The zero-order valence-corrected chi connectivity index (χ0v) is 10.0. The van der Waals surface area contributed by atoms with Crippen molar-refractivity contribution in [1.29, 1.82) is 0 Å². The smallest absolute Gasteiger partial charge is 0.195 e. The van der Waals surface area contributed by atoms with Crippen LogP contribution in [0.3, 0.4) is 0 Å². The minimum absolute atomic E-state index is 0.433. The van der Waals surface area contributed by atoms with Crippen LogP contribution in [-0.2, 0) is 21.7 Å². The van der Waals surface area contributed by atoms with Crippen LogP contribution in [0.4, 0.5) is 0 Å². The standard InChI is InChI=1S/C12H13BrO2/c13-10-3-2-9-4-5-12(11(9)8-10)14-6-1-7-15-12/h2-3,8H,1,4-7H2. The summed E-state index contributed by atoms with van der Waals surface area (Å²) in [6.07, 6.45) is 3.02. The second kappa shape index (κ2) is 3.58. The second-order valence-electron chi connectivity index (χ2n) is 4.10. The zero-order valence-electron chi connectivity index (χ0n) is 8.46. The molecule has 1 aliphatic heterocycles. The van der Waals surface area contributed by atoms with E-state index in [4.69, 9.17) is 9.47 Å². The van der Waals surface area contributed by atoms with Crippen molar-refractivity contribution in [3.05, 3.63) is 33.8 Å². The average molecular weight is 269 g/mol. The Balaban J connectivity index is 2.05. The summed E-state index contributed by atoms with van der Waals surface area (Å²) in [7, 11) is 0. The van der Waals surface area contributed by atoms with E-state index in [-0.39, 0.29) is 0 Å². The molecule has 1 aromatic carbocycles. The van der Waals surface area contributed by atoms with Gasteiger partial charge in [0, 0.05) is 16.5 Å². The van der Waals surface area contributed by atoms with Gasteiger partial charge in [-0.1, -0.05) is 22.0 Å². The quantitative estimate of drug-likeness (QED) is 0.720. The third-order valence-electron chi connectivity index (χ3n) is 3.16. The highest BCUT2D eigenvalue weighted by Gasteiger charge is 2.42. The number of rotatable bonds is 0. The van der Waals surface area contributed by atoms with Gasteiger partial charge in [0.25, 0.3) is 0 Å². The maximum atomic E-state index is 5.86. The molecule has 0 unspecified atom stereocenters. The zero-order chi connectivity index (χ0) is 10.3. The van der Waals surface area contributed by atoms with Crippen molar-refractivity contribution in [3.63, 3.8) is 0 Å². The molecule has 0 N–H and O–H groups in total. The first-order valence-electron chi connectivity index (χ1n) is 5.37. The van der Waals surface area contributed by atoms with E-state index < -0.39 is 5.79 Å². The van der Waals surface area contributed by atoms with Crippen molar-refractivity contribution < 1.29 is 9.47 Å². The Kier molecular flexibility index (Phi) is 2.34. The van der Waals surface area contributed by atoms with E-state index in [2.05, 4.69) is 34.1 Å². The molecule has 1 aliphatic carbocycles. The fourth-order valence-electron chi connectivity index (χ4n) is 2.43. The molecule has 1 aromatic rings. The summed E-state index contributed by atoms with van der Waals surface area (Å²) in [5.41, 5.74) is 2.58. The van der Waals surface area contributed by atoms with Gasteiger partial charge in [0.15, 0.2) is 5.79 Å². The van der Waals surface area contributed by atoms with Gasteiger partial charge in [0.2, 0.25) is 0 Å². The Morgan fingerprint density at radius 3 is 2.80 bits per heavy atom. The molecule has 1 heterocycles. The fraction of sp³-hybridized carbons (Fsp3) is 0.500. The van der Waals surface area contributed by atoms with E-state index in [1.54, 1.807) is 0 Å². The molecule has 1 spiro atoms. The third kappa shape index (κ3) is 1.53. The molecule has 15 heavy (non-hydrogen) atoms. The molecule has 1 saturated heterocycles. The highest BCUT2D eigenvalue weighted by molar-refractivity contribution is 9.10. The van der Waals surface area contributed by atoms with E-state index in [1.165, 1.54) is 11.1 Å². The van der Waals surface area contributed by atoms with Crippen LogP contribution in [-0.4, -0.2) is 13.2 Å². The highest BCUT2D eigenvalue weighted by Crippen LogP contribution is 2.43. The number of hydrogen-bond donors (Lipinski definition) is 0. The maximum absolute atomic E-state index is 5.86. The molecule has 80 valence electrons. The van der Waals surface area contributed by atoms with Crippen LogP contribution in [0.1, 0.15) is 24.0 Å². The summed E-state index contributed by atoms with van der Waals surface area (Å²) < 4.78 is 12.8. The van der Waals surface area contributed by atoms with Gasteiger partial charge in [-0.3, -0.25) is 0 Å². The van der Waals surface area contributed by atoms with Crippen LogP contribution in [0.5, 0.6) is 0 Å². The van der Waals surface area contributed by atoms with Crippen molar-refractivity contribution in [3.8, 4) is 0 Å². The molecule has 0 saturated carbocycles.